The summed E-state index contributed by atoms with van der Waals surface area (Å²) in [5, 5.41) is 5.45. The molecule has 0 atom stereocenters. The number of carbonyl (C=O) groups is 2. The van der Waals surface area contributed by atoms with E-state index in [-0.39, 0.29) is 18.4 Å². The van der Waals surface area contributed by atoms with E-state index in [0.29, 0.717) is 17.0 Å². The van der Waals surface area contributed by atoms with Crippen LogP contribution in [0.1, 0.15) is 23.0 Å². The van der Waals surface area contributed by atoms with E-state index in [2.05, 4.69) is 10.6 Å². The second kappa shape index (κ2) is 8.38. The van der Waals surface area contributed by atoms with E-state index in [0.717, 1.165) is 0 Å². The minimum Gasteiger partial charge on any atom is -0.467 e. The Morgan fingerprint density at radius 2 is 1.96 bits per heavy atom. The average Bonchev–Trinajstić information content (AvgIpc) is 3.07. The molecule has 0 aliphatic heterocycles. The Kier molecular flexibility index (Phi) is 5.94. The first kappa shape index (κ1) is 16.3. The molecule has 0 saturated heterocycles. The highest BCUT2D eigenvalue weighted by atomic mass is 16.3. The van der Waals surface area contributed by atoms with Crippen molar-refractivity contribution in [2.24, 2.45) is 0 Å². The molecule has 0 aliphatic carbocycles. The third-order valence-electron chi connectivity index (χ3n) is 2.98. The molecule has 118 valence electrons. The molecule has 1 heterocycles. The Hall–Kier alpha value is -3.08. The predicted octanol–water partition coefficient (Wildman–Crippen LogP) is 3.28. The molecule has 0 bridgehead atoms. The second-order valence-electron chi connectivity index (χ2n) is 4.68. The fourth-order valence-corrected chi connectivity index (χ4v) is 1.89. The average molecular weight is 310 g/mol. The third kappa shape index (κ3) is 5.00. The molecule has 2 amide bonds. The summed E-state index contributed by atoms with van der Waals surface area (Å²) in [5.74, 6) is 0.0817. The lowest BCUT2D eigenvalue weighted by Gasteiger charge is -2.09. The maximum Gasteiger partial charge on any atom is 0.253 e. The van der Waals surface area contributed by atoms with Crippen molar-refractivity contribution < 1.29 is 14.0 Å². The zero-order valence-corrected chi connectivity index (χ0v) is 12.8. The first-order valence-corrected chi connectivity index (χ1v) is 7.20. The van der Waals surface area contributed by atoms with E-state index in [1.807, 2.05) is 13.0 Å². The SMILES string of the molecule is C/C=C/C=C/C(=O)Nc1ccccc1C(=O)NCc1ccco1. The van der Waals surface area contributed by atoms with Crippen LogP contribution >= 0.6 is 0 Å². The van der Waals surface area contributed by atoms with Gasteiger partial charge in [-0.2, -0.15) is 0 Å². The van der Waals surface area contributed by atoms with E-state index in [9.17, 15) is 9.59 Å². The monoisotopic (exact) mass is 310 g/mol. The summed E-state index contributed by atoms with van der Waals surface area (Å²) in [7, 11) is 0. The summed E-state index contributed by atoms with van der Waals surface area (Å²) in [6.07, 6.45) is 8.15. The molecule has 1 aromatic heterocycles. The lowest BCUT2D eigenvalue weighted by atomic mass is 10.1. The lowest BCUT2D eigenvalue weighted by molar-refractivity contribution is -0.111. The van der Waals surface area contributed by atoms with E-state index >= 15 is 0 Å². The van der Waals surface area contributed by atoms with E-state index in [1.54, 1.807) is 54.8 Å². The van der Waals surface area contributed by atoms with Gasteiger partial charge in [-0.15, -0.1) is 0 Å². The van der Waals surface area contributed by atoms with Crippen molar-refractivity contribution >= 4 is 17.5 Å². The van der Waals surface area contributed by atoms with E-state index in [4.69, 9.17) is 4.42 Å². The van der Waals surface area contributed by atoms with Crippen LogP contribution in [-0.2, 0) is 11.3 Å². The number of nitrogens with one attached hydrogen (secondary N) is 2. The van der Waals surface area contributed by atoms with Crippen molar-refractivity contribution in [1.29, 1.82) is 0 Å². The van der Waals surface area contributed by atoms with Gasteiger partial charge in [0, 0.05) is 6.08 Å². The van der Waals surface area contributed by atoms with Gasteiger partial charge in [0.1, 0.15) is 5.76 Å². The Balaban J connectivity index is 2.04. The van der Waals surface area contributed by atoms with Gasteiger partial charge in [-0.05, 0) is 31.2 Å². The van der Waals surface area contributed by atoms with Gasteiger partial charge < -0.3 is 15.1 Å². The normalized spacial score (nSPS) is 11.0. The molecule has 23 heavy (non-hydrogen) atoms. The molecule has 5 nitrogen and oxygen atoms in total. The molecule has 2 N–H and O–H groups in total. The number of carbonyl (C=O) groups excluding carboxylic acids is 2. The molecule has 5 heteroatoms. The fourth-order valence-electron chi connectivity index (χ4n) is 1.89. The van der Waals surface area contributed by atoms with Crippen LogP contribution in [0.2, 0.25) is 0 Å². The highest BCUT2D eigenvalue weighted by Crippen LogP contribution is 2.15. The quantitative estimate of drug-likeness (QED) is 0.635. The smallest absolute Gasteiger partial charge is 0.253 e. The van der Waals surface area contributed by atoms with Gasteiger partial charge in [-0.3, -0.25) is 9.59 Å². The van der Waals surface area contributed by atoms with Crippen LogP contribution in [-0.4, -0.2) is 11.8 Å². The number of anilines is 1. The number of hydrogen-bond acceptors (Lipinski definition) is 3. The Labute approximate surface area is 134 Å². The maximum absolute atomic E-state index is 12.3. The van der Waals surface area contributed by atoms with Gasteiger partial charge >= 0.3 is 0 Å². The van der Waals surface area contributed by atoms with Crippen LogP contribution in [0.3, 0.4) is 0 Å². The topological polar surface area (TPSA) is 71.3 Å². The Morgan fingerprint density at radius 1 is 1.13 bits per heavy atom. The molecule has 0 unspecified atom stereocenters. The zero-order chi connectivity index (χ0) is 16.5. The summed E-state index contributed by atoms with van der Waals surface area (Å²) >= 11 is 0. The van der Waals surface area contributed by atoms with E-state index in [1.165, 1.54) is 6.08 Å². The predicted molar refractivity (Wildman–Crippen MR) is 88.9 cm³/mol. The van der Waals surface area contributed by atoms with Crippen LogP contribution < -0.4 is 10.6 Å². The maximum atomic E-state index is 12.3. The van der Waals surface area contributed by atoms with Crippen molar-refractivity contribution in [3.63, 3.8) is 0 Å². The number of hydrogen-bond donors (Lipinski definition) is 2. The number of rotatable bonds is 6. The largest absolute Gasteiger partial charge is 0.467 e. The van der Waals surface area contributed by atoms with Crippen LogP contribution in [0.25, 0.3) is 0 Å². The van der Waals surface area contributed by atoms with Crippen LogP contribution in [0.15, 0.2) is 71.4 Å². The molecule has 0 spiro atoms. The van der Waals surface area contributed by atoms with Crippen molar-refractivity contribution in [2.75, 3.05) is 5.32 Å². The van der Waals surface area contributed by atoms with Gasteiger partial charge in [0.25, 0.3) is 5.91 Å². The van der Waals surface area contributed by atoms with Crippen LogP contribution in [0.5, 0.6) is 0 Å². The summed E-state index contributed by atoms with van der Waals surface area (Å²) in [4.78, 5) is 24.1. The second-order valence-corrected chi connectivity index (χ2v) is 4.68. The summed E-state index contributed by atoms with van der Waals surface area (Å²) in [6, 6.07) is 10.4. The number of allylic oxidation sites excluding steroid dienone is 3. The van der Waals surface area contributed by atoms with Crippen molar-refractivity contribution in [2.45, 2.75) is 13.5 Å². The van der Waals surface area contributed by atoms with Crippen molar-refractivity contribution in [1.82, 2.24) is 5.32 Å². The third-order valence-corrected chi connectivity index (χ3v) is 2.98. The number of furan rings is 1. The van der Waals surface area contributed by atoms with Crippen molar-refractivity contribution in [3.8, 4) is 0 Å². The lowest BCUT2D eigenvalue weighted by Crippen LogP contribution is -2.24. The molecule has 0 aliphatic rings. The Morgan fingerprint density at radius 3 is 2.70 bits per heavy atom. The highest BCUT2D eigenvalue weighted by Gasteiger charge is 2.12. The van der Waals surface area contributed by atoms with Crippen LogP contribution in [0, 0.1) is 0 Å². The number of amides is 2. The molecule has 1 aromatic carbocycles. The minimum atomic E-state index is -0.297. The summed E-state index contributed by atoms with van der Waals surface area (Å²) in [5.41, 5.74) is 0.853. The molecule has 0 radical (unpaired) electrons. The molecule has 2 rings (SSSR count). The summed E-state index contributed by atoms with van der Waals surface area (Å²) < 4.78 is 5.17. The van der Waals surface area contributed by atoms with Crippen LogP contribution in [0.4, 0.5) is 5.69 Å². The van der Waals surface area contributed by atoms with Gasteiger partial charge in [0.15, 0.2) is 0 Å². The van der Waals surface area contributed by atoms with Crippen molar-refractivity contribution in [3.05, 3.63) is 78.3 Å². The van der Waals surface area contributed by atoms with Gasteiger partial charge in [-0.1, -0.05) is 30.4 Å². The highest BCUT2D eigenvalue weighted by molar-refractivity contribution is 6.06. The van der Waals surface area contributed by atoms with Gasteiger partial charge in [0.2, 0.25) is 5.91 Å². The molecular weight excluding hydrogens is 292 g/mol. The minimum absolute atomic E-state index is 0.283. The molecular formula is C18H18N2O3. The molecule has 0 fully saturated rings. The number of benzene rings is 1. The summed E-state index contributed by atoms with van der Waals surface area (Å²) in [6.45, 7) is 2.15. The standard InChI is InChI=1S/C18H18N2O3/c1-2-3-4-11-17(21)20-16-10-6-5-9-15(16)18(22)19-13-14-8-7-12-23-14/h2-12H,13H2,1H3,(H,19,22)(H,20,21)/b3-2+,11-4+. The zero-order valence-electron chi connectivity index (χ0n) is 12.8. The van der Waals surface area contributed by atoms with Gasteiger partial charge in [-0.25, -0.2) is 0 Å². The number of para-hydroxylation sites is 1. The van der Waals surface area contributed by atoms with E-state index < -0.39 is 0 Å². The fraction of sp³-hybridized carbons (Fsp3) is 0.111. The first-order valence-electron chi connectivity index (χ1n) is 7.20. The molecule has 2 aromatic rings. The Bertz CT molecular complexity index is 716. The van der Waals surface area contributed by atoms with Gasteiger partial charge in [0.05, 0.1) is 24.1 Å². The molecule has 0 saturated carbocycles. The first-order chi connectivity index (χ1) is 11.2.